The number of rotatable bonds is 0. The smallest absolute Gasteiger partial charge is 0.511 e. The van der Waals surface area contributed by atoms with Gasteiger partial charge in [0, 0.05) is 4.91 Å². The lowest BCUT2D eigenvalue weighted by atomic mass is 13.8. The Hall–Kier alpha value is -0.783. The average molecular weight is 110 g/mol. The molecule has 5 nitrogen and oxygen atoms in total. The fourth-order valence-corrected chi connectivity index (χ4v) is 0. The Balaban J connectivity index is 0. The normalized spacial score (nSPS) is 4.67. The van der Waals surface area contributed by atoms with E-state index in [0.717, 1.165) is 0 Å². The number of nitrogens with two attached hydrogens (primary N) is 1. The van der Waals surface area contributed by atoms with E-state index in [0.29, 0.717) is 0 Å². The molecule has 0 radical (unpaired) electrons. The monoisotopic (exact) mass is 110 g/mol. The standard InChI is InChI=1S/H2NO.H2O3Si/c1-2;1-4(2)3/h1H2;1-2H/q+1;. The fourth-order valence-electron chi connectivity index (χ4n) is 0. The highest BCUT2D eigenvalue weighted by molar-refractivity contribution is 6.22. The van der Waals surface area contributed by atoms with Crippen LogP contribution in [0.3, 0.4) is 0 Å². The molecule has 0 fully saturated rings. The van der Waals surface area contributed by atoms with E-state index >= 15 is 0 Å². The molecule has 0 aliphatic carbocycles. The molecule has 4 N–H and O–H groups in total. The number of nitroso groups, excluding NO2 is 1. The Kier molecular flexibility index (Phi) is 13.3. The Bertz CT molecular complexity index is 38.8. The Labute approximate surface area is 34.9 Å². The van der Waals surface area contributed by atoms with Crippen molar-refractivity contribution in [2.24, 2.45) is 0 Å². The molecule has 0 unspecified atom stereocenters. The van der Waals surface area contributed by atoms with Crippen LogP contribution in [-0.4, -0.2) is 18.8 Å². The number of hydrogen-bond acceptors (Lipinski definition) is 2. The summed E-state index contributed by atoms with van der Waals surface area (Å²) in [5.74, 6) is 0. The molecule has 0 aromatic carbocycles. The summed E-state index contributed by atoms with van der Waals surface area (Å²) in [5.41, 5.74) is 3.25. The molecule has 0 spiro atoms. The first-order valence-corrected chi connectivity index (χ1v) is 2.19. The van der Waals surface area contributed by atoms with Crippen molar-refractivity contribution in [1.82, 2.24) is 0 Å². The van der Waals surface area contributed by atoms with Crippen molar-refractivity contribution < 1.29 is 19.6 Å². The SMILES string of the molecule is O=[Si](O)O.[NH2+]=O. The molecule has 0 aliphatic heterocycles. The quantitative estimate of drug-likeness (QED) is 0.287. The average Bonchev–Trinajstić information content (AvgIpc) is 1.41. The van der Waals surface area contributed by atoms with Crippen molar-refractivity contribution in [2.45, 2.75) is 0 Å². The molecule has 0 aliphatic rings. The van der Waals surface area contributed by atoms with Crippen molar-refractivity contribution in [1.29, 1.82) is 0 Å². The second-order valence-electron chi connectivity index (χ2n) is 0.283. The van der Waals surface area contributed by atoms with Gasteiger partial charge in [-0.15, -0.1) is 0 Å². The summed E-state index contributed by atoms with van der Waals surface area (Å²) in [6.07, 6.45) is 0. The van der Waals surface area contributed by atoms with Gasteiger partial charge in [-0.3, -0.25) is 4.46 Å². The predicted octanol–water partition coefficient (Wildman–Crippen LogP) is -3.10. The highest BCUT2D eigenvalue weighted by Crippen LogP contribution is 1.27. The van der Waals surface area contributed by atoms with Crippen LogP contribution < -0.4 is 5.59 Å². The molecule has 0 bridgehead atoms. The lowest BCUT2D eigenvalue weighted by Crippen LogP contribution is -2.18. The summed E-state index contributed by atoms with van der Waals surface area (Å²) in [7, 11) is -3.13. The fraction of sp³-hybridized carbons (Fsp3) is 0. The van der Waals surface area contributed by atoms with Gasteiger partial charge < -0.3 is 9.59 Å². The molecule has 6 heteroatoms. The zero-order valence-corrected chi connectivity index (χ0v) is 3.79. The molecule has 0 saturated carbocycles. The van der Waals surface area contributed by atoms with Crippen LogP contribution in [0.15, 0.2) is 0 Å². The molecule has 6 heavy (non-hydrogen) atoms. The van der Waals surface area contributed by atoms with E-state index in [2.05, 4.69) is 5.59 Å². The molecule has 0 atom stereocenters. The van der Waals surface area contributed by atoms with Gasteiger partial charge in [-0.2, -0.15) is 0 Å². The minimum atomic E-state index is -3.13. The summed E-state index contributed by atoms with van der Waals surface area (Å²) in [6, 6.07) is 0. The van der Waals surface area contributed by atoms with Crippen LogP contribution in [0, 0.1) is 4.91 Å². The van der Waals surface area contributed by atoms with Crippen molar-refractivity contribution >= 4 is 9.17 Å². The van der Waals surface area contributed by atoms with Gasteiger partial charge >= 0.3 is 9.17 Å². The predicted molar refractivity (Wildman–Crippen MR) is 16.2 cm³/mol. The van der Waals surface area contributed by atoms with Crippen molar-refractivity contribution in [3.8, 4) is 0 Å². The highest BCUT2D eigenvalue weighted by Gasteiger charge is 1.85. The lowest BCUT2D eigenvalue weighted by Gasteiger charge is -1.55. The lowest BCUT2D eigenvalue weighted by molar-refractivity contribution is -0.142. The second kappa shape index (κ2) is 8.88. The van der Waals surface area contributed by atoms with Crippen molar-refractivity contribution in [3.05, 3.63) is 4.91 Å². The summed E-state index contributed by atoms with van der Waals surface area (Å²) < 4.78 is 8.74. The maximum Gasteiger partial charge on any atom is 0.761 e. The van der Waals surface area contributed by atoms with Gasteiger partial charge in [-0.05, 0) is 5.59 Å². The van der Waals surface area contributed by atoms with Gasteiger partial charge in [0.2, 0.25) is 0 Å². The molecule has 0 aromatic heterocycles. The Morgan fingerprint density at radius 1 is 1.33 bits per heavy atom. The Morgan fingerprint density at radius 2 is 1.33 bits per heavy atom. The van der Waals surface area contributed by atoms with Crippen molar-refractivity contribution in [2.75, 3.05) is 0 Å². The van der Waals surface area contributed by atoms with Crippen molar-refractivity contribution in [3.63, 3.8) is 0 Å². The minimum Gasteiger partial charge on any atom is -0.511 e. The van der Waals surface area contributed by atoms with Crippen LogP contribution in [0.5, 0.6) is 0 Å². The van der Waals surface area contributed by atoms with E-state index in [1.54, 1.807) is 0 Å². The molecule has 0 amide bonds. The maximum atomic E-state index is 8.74. The van der Waals surface area contributed by atoms with Gasteiger partial charge in [0.05, 0.1) is 0 Å². The minimum absolute atomic E-state index is 3.13. The second-order valence-corrected chi connectivity index (χ2v) is 0.848. The molecule has 0 aromatic rings. The molecule has 36 valence electrons. The van der Waals surface area contributed by atoms with E-state index < -0.39 is 9.17 Å². The summed E-state index contributed by atoms with van der Waals surface area (Å²) in [4.78, 5) is 22.1. The first-order chi connectivity index (χ1) is 2.73. The van der Waals surface area contributed by atoms with Gasteiger partial charge in [-0.25, -0.2) is 0 Å². The van der Waals surface area contributed by atoms with E-state index in [4.69, 9.17) is 19.0 Å². The molecule has 0 saturated heterocycles. The summed E-state index contributed by atoms with van der Waals surface area (Å²) in [5, 5.41) is 0. The first kappa shape index (κ1) is 8.96. The van der Waals surface area contributed by atoms with Crippen LogP contribution in [-0.2, 0) is 4.46 Å². The molecular weight excluding hydrogens is 106 g/mol. The topological polar surface area (TPSA) is 100 Å². The molecular formula is H4NO4Si+. The van der Waals surface area contributed by atoms with E-state index in [1.807, 2.05) is 0 Å². The third-order valence-corrected chi connectivity index (χ3v) is 0. The zero-order chi connectivity index (χ0) is 5.58. The highest BCUT2D eigenvalue weighted by atomic mass is 28.3. The summed E-state index contributed by atoms with van der Waals surface area (Å²) in [6.45, 7) is 0. The van der Waals surface area contributed by atoms with E-state index in [9.17, 15) is 0 Å². The molecule has 0 rings (SSSR count). The third kappa shape index (κ3) is 25.8. The van der Waals surface area contributed by atoms with Gasteiger partial charge in [0.1, 0.15) is 0 Å². The largest absolute Gasteiger partial charge is 0.761 e. The van der Waals surface area contributed by atoms with Crippen LogP contribution in [0.1, 0.15) is 0 Å². The van der Waals surface area contributed by atoms with E-state index in [1.165, 1.54) is 0 Å². The third-order valence-electron chi connectivity index (χ3n) is 0. The number of hydrogen-bond donors (Lipinski definition) is 3. The van der Waals surface area contributed by atoms with Crippen LogP contribution in [0.4, 0.5) is 0 Å². The van der Waals surface area contributed by atoms with Crippen LogP contribution in [0.2, 0.25) is 0 Å². The van der Waals surface area contributed by atoms with Crippen LogP contribution in [0.25, 0.3) is 0 Å². The summed E-state index contributed by atoms with van der Waals surface area (Å²) >= 11 is 0. The molecule has 0 heterocycles. The first-order valence-electron chi connectivity index (χ1n) is 0.887. The Morgan fingerprint density at radius 3 is 1.33 bits per heavy atom. The maximum absolute atomic E-state index is 8.74. The zero-order valence-electron chi connectivity index (χ0n) is 2.79. The van der Waals surface area contributed by atoms with Gasteiger partial charge in [-0.1, -0.05) is 0 Å². The van der Waals surface area contributed by atoms with Gasteiger partial charge in [0.25, 0.3) is 0 Å². The van der Waals surface area contributed by atoms with Gasteiger partial charge in [0.15, 0.2) is 0 Å². The van der Waals surface area contributed by atoms with Crippen LogP contribution >= 0.6 is 0 Å². The van der Waals surface area contributed by atoms with E-state index in [-0.39, 0.29) is 0 Å².